The third-order valence-electron chi connectivity index (χ3n) is 0.727. The van der Waals surface area contributed by atoms with Crippen LogP contribution in [0.4, 0.5) is 0 Å². The summed E-state index contributed by atoms with van der Waals surface area (Å²) >= 11 is 4.87. The van der Waals surface area contributed by atoms with Crippen molar-refractivity contribution >= 4 is 17.1 Å². The Labute approximate surface area is 50.9 Å². The molecule has 0 heterocycles. The molecular weight excluding hydrogens is 104 g/mol. The molecule has 0 bridgehead atoms. The second kappa shape index (κ2) is 4.25. The van der Waals surface area contributed by atoms with E-state index in [-0.39, 0.29) is 0 Å². The second-order valence-corrected chi connectivity index (χ2v) is 1.89. The minimum atomic E-state index is 0.950. The van der Waals surface area contributed by atoms with Gasteiger partial charge >= 0.3 is 0 Å². The lowest BCUT2D eigenvalue weighted by atomic mass is 10.2. The van der Waals surface area contributed by atoms with E-state index in [1.54, 1.807) is 0 Å². The largest absolute Gasteiger partial charge is 0.0894 e. The van der Waals surface area contributed by atoms with Crippen LogP contribution in [0, 0.1) is 12.8 Å². The molecule has 0 aliphatic heterocycles. The molecule has 0 aliphatic carbocycles. The molecule has 0 nitrogen and oxygen atoms in total. The molecule has 0 saturated carbocycles. The van der Waals surface area contributed by atoms with Gasteiger partial charge in [0.2, 0.25) is 0 Å². The van der Waals surface area contributed by atoms with Gasteiger partial charge in [0.05, 0.1) is 0 Å². The van der Waals surface area contributed by atoms with Crippen molar-refractivity contribution in [2.75, 3.05) is 0 Å². The van der Waals surface area contributed by atoms with E-state index in [0.29, 0.717) is 0 Å². The normalized spacial score (nSPS) is 8.86. The van der Waals surface area contributed by atoms with E-state index < -0.39 is 0 Å². The number of rotatable bonds is 3. The molecule has 1 heteroatoms. The Morgan fingerprint density at radius 2 is 2.14 bits per heavy atom. The molecule has 0 amide bonds. The van der Waals surface area contributed by atoms with E-state index in [1.165, 1.54) is 0 Å². The second-order valence-electron chi connectivity index (χ2n) is 1.37. The molecule has 0 aliphatic rings. The van der Waals surface area contributed by atoms with Crippen LogP contribution in [0.5, 0.6) is 0 Å². The van der Waals surface area contributed by atoms with E-state index in [9.17, 15) is 0 Å². The molecule has 0 aromatic heterocycles. The Morgan fingerprint density at radius 1 is 1.57 bits per heavy atom. The van der Waals surface area contributed by atoms with Gasteiger partial charge in [-0.15, -0.1) is 0 Å². The predicted octanol–water partition coefficient (Wildman–Crippen LogP) is 2.19. The summed E-state index contributed by atoms with van der Waals surface area (Å²) in [6.45, 7) is 3.97. The lowest BCUT2D eigenvalue weighted by molar-refractivity contribution is 1.28. The van der Waals surface area contributed by atoms with Gasteiger partial charge in [-0.05, 0) is 24.1 Å². The summed E-state index contributed by atoms with van der Waals surface area (Å²) in [5, 5.41) is 0. The molecule has 0 aromatic rings. The minimum absolute atomic E-state index is 0.950. The van der Waals surface area contributed by atoms with Crippen LogP contribution in [0.2, 0.25) is 0 Å². The topological polar surface area (TPSA) is 0 Å². The van der Waals surface area contributed by atoms with Gasteiger partial charge in [-0.1, -0.05) is 26.1 Å². The van der Waals surface area contributed by atoms with Crippen LogP contribution in [0.25, 0.3) is 0 Å². The summed E-state index contributed by atoms with van der Waals surface area (Å²) in [4.78, 5) is 1.03. The van der Waals surface area contributed by atoms with Crippen molar-refractivity contribution < 1.29 is 0 Å². The fraction of sp³-hybridized carbons (Fsp3) is 0.500. The van der Waals surface area contributed by atoms with Crippen molar-refractivity contribution in [2.45, 2.75) is 20.3 Å². The Balaban J connectivity index is 3.00. The lowest BCUT2D eigenvalue weighted by Gasteiger charge is -1.90. The number of thiocarbonyl (C=S) groups is 1. The maximum Gasteiger partial charge on any atom is -0.00344 e. The molecule has 40 valence electrons. The highest BCUT2D eigenvalue weighted by molar-refractivity contribution is 7.80. The summed E-state index contributed by atoms with van der Waals surface area (Å²) in [6, 6.07) is 0. The van der Waals surface area contributed by atoms with Gasteiger partial charge in [-0.25, -0.2) is 0 Å². The van der Waals surface area contributed by atoms with Gasteiger partial charge in [0.25, 0.3) is 0 Å². The average Bonchev–Trinajstić information content (AvgIpc) is 1.68. The van der Waals surface area contributed by atoms with Crippen molar-refractivity contribution in [1.82, 2.24) is 0 Å². The van der Waals surface area contributed by atoms with Gasteiger partial charge in [0.15, 0.2) is 0 Å². The van der Waals surface area contributed by atoms with E-state index in [1.807, 2.05) is 20.3 Å². The zero-order valence-corrected chi connectivity index (χ0v) is 5.59. The fourth-order valence-corrected chi connectivity index (χ4v) is 0.486. The Morgan fingerprint density at radius 3 is 2.29 bits per heavy atom. The monoisotopic (exact) mass is 114 g/mol. The van der Waals surface area contributed by atoms with Gasteiger partial charge in [0.1, 0.15) is 0 Å². The first kappa shape index (κ1) is 7.09. The molecule has 0 fully saturated rings. The van der Waals surface area contributed by atoms with Crippen LogP contribution in [-0.2, 0) is 0 Å². The third-order valence-corrected chi connectivity index (χ3v) is 1.13. The van der Waals surface area contributed by atoms with Crippen molar-refractivity contribution in [1.29, 1.82) is 0 Å². The van der Waals surface area contributed by atoms with Crippen LogP contribution < -0.4 is 0 Å². The molecule has 2 radical (unpaired) electrons. The van der Waals surface area contributed by atoms with Gasteiger partial charge in [0, 0.05) is 0 Å². The first-order chi connectivity index (χ1) is 3.31. The molecule has 0 saturated heterocycles. The van der Waals surface area contributed by atoms with Crippen molar-refractivity contribution in [3.8, 4) is 0 Å². The van der Waals surface area contributed by atoms with Crippen LogP contribution >= 0.6 is 12.2 Å². The highest BCUT2D eigenvalue weighted by Gasteiger charge is 1.86. The summed E-state index contributed by atoms with van der Waals surface area (Å²) in [7, 11) is 0. The maximum absolute atomic E-state index is 4.87. The summed E-state index contributed by atoms with van der Waals surface area (Å²) in [6.07, 6.45) is 4.96. The highest BCUT2D eigenvalue weighted by atomic mass is 32.1. The number of hydrogen-bond donors (Lipinski definition) is 0. The molecular formula is C6H10S. The molecule has 0 unspecified atom stereocenters. The fourth-order valence-electron chi connectivity index (χ4n) is 0.319. The van der Waals surface area contributed by atoms with E-state index in [0.717, 1.165) is 11.3 Å². The van der Waals surface area contributed by atoms with E-state index >= 15 is 0 Å². The van der Waals surface area contributed by atoms with Crippen LogP contribution in [-0.4, -0.2) is 4.86 Å². The van der Waals surface area contributed by atoms with Crippen molar-refractivity contribution in [3.63, 3.8) is 0 Å². The summed E-state index contributed by atoms with van der Waals surface area (Å²) in [5.41, 5.74) is 0. The van der Waals surface area contributed by atoms with Crippen LogP contribution in [0.3, 0.4) is 0 Å². The lowest BCUT2D eigenvalue weighted by Crippen LogP contribution is -1.89. The Bertz CT molecular complexity index is 57.2. The SMILES string of the molecule is C[CH]CC(=S)[CH]C. The predicted molar refractivity (Wildman–Crippen MR) is 37.2 cm³/mol. The van der Waals surface area contributed by atoms with Crippen molar-refractivity contribution in [3.05, 3.63) is 12.8 Å². The number of hydrogen-bond acceptors (Lipinski definition) is 1. The van der Waals surface area contributed by atoms with Gasteiger partial charge < -0.3 is 0 Å². The smallest absolute Gasteiger partial charge is 0.00344 e. The van der Waals surface area contributed by atoms with Crippen LogP contribution in [0.15, 0.2) is 0 Å². The summed E-state index contributed by atoms with van der Waals surface area (Å²) in [5.74, 6) is 0. The third kappa shape index (κ3) is 3.93. The van der Waals surface area contributed by atoms with E-state index in [4.69, 9.17) is 12.2 Å². The molecule has 0 N–H and O–H groups in total. The maximum atomic E-state index is 4.87. The average molecular weight is 114 g/mol. The van der Waals surface area contributed by atoms with Crippen LogP contribution in [0.1, 0.15) is 20.3 Å². The van der Waals surface area contributed by atoms with Gasteiger partial charge in [-0.2, -0.15) is 0 Å². The zero-order chi connectivity index (χ0) is 5.70. The molecule has 0 atom stereocenters. The Hall–Kier alpha value is 0.0900. The van der Waals surface area contributed by atoms with Gasteiger partial charge in [-0.3, -0.25) is 0 Å². The summed E-state index contributed by atoms with van der Waals surface area (Å²) < 4.78 is 0. The van der Waals surface area contributed by atoms with Crippen molar-refractivity contribution in [2.24, 2.45) is 0 Å². The molecule has 0 aromatic carbocycles. The first-order valence-corrected chi connectivity index (χ1v) is 2.82. The molecule has 7 heavy (non-hydrogen) atoms. The molecule has 0 spiro atoms. The first-order valence-electron chi connectivity index (χ1n) is 2.41. The van der Waals surface area contributed by atoms with E-state index in [2.05, 4.69) is 6.42 Å². The molecule has 0 rings (SSSR count). The Kier molecular flexibility index (Phi) is 4.31. The highest BCUT2D eigenvalue weighted by Crippen LogP contribution is 1.92. The standard InChI is InChI=1S/C6H10S/c1-3-5-6(7)4-2/h3-4H,5H2,1-2H3. The zero-order valence-electron chi connectivity index (χ0n) is 4.77. The minimum Gasteiger partial charge on any atom is -0.0894 e. The quantitative estimate of drug-likeness (QED) is 0.507.